The number of guanidine groups is 1. The van der Waals surface area contributed by atoms with Gasteiger partial charge in [-0.3, -0.25) is 4.99 Å². The van der Waals surface area contributed by atoms with Crippen molar-refractivity contribution in [1.29, 1.82) is 0 Å². The van der Waals surface area contributed by atoms with Crippen LogP contribution < -0.4 is 10.6 Å². The van der Waals surface area contributed by atoms with Crippen LogP contribution in [-0.2, 0) is 16.4 Å². The van der Waals surface area contributed by atoms with E-state index in [9.17, 15) is 8.42 Å². The molecule has 0 amide bonds. The molecule has 0 aliphatic heterocycles. The quantitative estimate of drug-likeness (QED) is 0.611. The van der Waals surface area contributed by atoms with E-state index < -0.39 is 9.84 Å². The summed E-state index contributed by atoms with van der Waals surface area (Å²) in [5.41, 5.74) is 1.17. The third kappa shape index (κ3) is 7.13. The van der Waals surface area contributed by atoms with Gasteiger partial charge in [0.25, 0.3) is 0 Å². The highest BCUT2D eigenvalue weighted by atomic mass is 32.2. The number of benzene rings is 1. The van der Waals surface area contributed by atoms with E-state index in [0.29, 0.717) is 18.9 Å². The van der Waals surface area contributed by atoms with E-state index in [4.69, 9.17) is 0 Å². The predicted molar refractivity (Wildman–Crippen MR) is 83.6 cm³/mol. The maximum atomic E-state index is 11.1. The number of aliphatic imine (C=N–C) groups is 1. The largest absolute Gasteiger partial charge is 0.354 e. The summed E-state index contributed by atoms with van der Waals surface area (Å²) in [6, 6.07) is 10.1. The van der Waals surface area contributed by atoms with Gasteiger partial charge in [0, 0.05) is 25.9 Å². The Morgan fingerprint density at radius 3 is 2.50 bits per heavy atom. The predicted octanol–water partition coefficient (Wildman–Crippen LogP) is 1.17. The molecule has 0 aromatic heterocycles. The Labute approximate surface area is 121 Å². The summed E-state index contributed by atoms with van der Waals surface area (Å²) < 4.78 is 22.3. The van der Waals surface area contributed by atoms with E-state index in [-0.39, 0.29) is 11.8 Å². The molecule has 1 rings (SSSR count). The molecule has 1 atom stereocenters. The monoisotopic (exact) mass is 297 g/mol. The van der Waals surface area contributed by atoms with E-state index in [1.165, 1.54) is 11.8 Å². The Morgan fingerprint density at radius 1 is 1.30 bits per heavy atom. The van der Waals surface area contributed by atoms with Crippen LogP contribution in [0.5, 0.6) is 0 Å². The Balaban J connectivity index is 2.40. The molecule has 1 aromatic rings. The van der Waals surface area contributed by atoms with Crippen molar-refractivity contribution in [3.63, 3.8) is 0 Å². The first-order valence-electron chi connectivity index (χ1n) is 6.59. The van der Waals surface area contributed by atoms with Crippen molar-refractivity contribution in [2.45, 2.75) is 25.9 Å². The van der Waals surface area contributed by atoms with Gasteiger partial charge in [0.05, 0.1) is 5.75 Å². The molecule has 2 N–H and O–H groups in total. The number of hydrogen-bond acceptors (Lipinski definition) is 3. The van der Waals surface area contributed by atoms with Gasteiger partial charge < -0.3 is 10.6 Å². The average Bonchev–Trinajstić information content (AvgIpc) is 2.41. The van der Waals surface area contributed by atoms with E-state index in [2.05, 4.69) is 15.6 Å². The fourth-order valence-electron chi connectivity index (χ4n) is 1.67. The Kier molecular flexibility index (Phi) is 6.51. The van der Waals surface area contributed by atoms with Gasteiger partial charge in [0.15, 0.2) is 5.96 Å². The molecule has 6 heteroatoms. The number of nitrogens with one attached hydrogen (secondary N) is 2. The molecule has 0 heterocycles. The lowest BCUT2D eigenvalue weighted by molar-refractivity contribution is 0.581. The van der Waals surface area contributed by atoms with Crippen LogP contribution in [-0.4, -0.2) is 39.5 Å². The van der Waals surface area contributed by atoms with Crippen LogP contribution in [0.3, 0.4) is 0 Å². The van der Waals surface area contributed by atoms with E-state index >= 15 is 0 Å². The van der Waals surface area contributed by atoms with Gasteiger partial charge in [-0.25, -0.2) is 8.42 Å². The molecule has 0 fully saturated rings. The molecule has 0 aliphatic rings. The third-order valence-electron chi connectivity index (χ3n) is 2.83. The van der Waals surface area contributed by atoms with Crippen molar-refractivity contribution >= 4 is 15.8 Å². The molecule has 20 heavy (non-hydrogen) atoms. The van der Waals surface area contributed by atoms with Crippen molar-refractivity contribution in [3.05, 3.63) is 35.9 Å². The van der Waals surface area contributed by atoms with Crippen molar-refractivity contribution in [1.82, 2.24) is 10.6 Å². The Hall–Kier alpha value is -1.56. The van der Waals surface area contributed by atoms with Gasteiger partial charge in [-0.1, -0.05) is 30.3 Å². The minimum Gasteiger partial charge on any atom is -0.354 e. The molecule has 0 spiro atoms. The molecule has 1 unspecified atom stereocenters. The van der Waals surface area contributed by atoms with Gasteiger partial charge in [-0.15, -0.1) is 0 Å². The average molecular weight is 297 g/mol. The first-order chi connectivity index (χ1) is 9.40. The first-order valence-corrected chi connectivity index (χ1v) is 8.65. The molecule has 112 valence electrons. The molecule has 1 aromatic carbocycles. The lowest BCUT2D eigenvalue weighted by atomic mass is 10.2. The van der Waals surface area contributed by atoms with Crippen LogP contribution in [0.1, 0.15) is 18.9 Å². The summed E-state index contributed by atoms with van der Waals surface area (Å²) >= 11 is 0. The van der Waals surface area contributed by atoms with Crippen LogP contribution in [0.4, 0.5) is 0 Å². The summed E-state index contributed by atoms with van der Waals surface area (Å²) in [6.07, 6.45) is 1.81. The maximum Gasteiger partial charge on any atom is 0.191 e. The normalized spacial score (nSPS) is 13.8. The van der Waals surface area contributed by atoms with Gasteiger partial charge in [0.2, 0.25) is 0 Å². The second-order valence-electron chi connectivity index (χ2n) is 4.88. The second kappa shape index (κ2) is 7.89. The molecule has 0 saturated heterocycles. The number of hydrogen-bond donors (Lipinski definition) is 2. The van der Waals surface area contributed by atoms with Crippen LogP contribution in [0.2, 0.25) is 0 Å². The smallest absolute Gasteiger partial charge is 0.191 e. The van der Waals surface area contributed by atoms with E-state index in [1.807, 2.05) is 37.3 Å². The summed E-state index contributed by atoms with van der Waals surface area (Å²) in [7, 11) is -1.22. The number of sulfone groups is 1. The fraction of sp³-hybridized carbons (Fsp3) is 0.500. The van der Waals surface area contributed by atoms with Crippen LogP contribution in [0.25, 0.3) is 0 Å². The highest BCUT2D eigenvalue weighted by Gasteiger charge is 2.09. The lowest BCUT2D eigenvalue weighted by Gasteiger charge is -2.17. The van der Waals surface area contributed by atoms with E-state index in [1.54, 1.807) is 7.05 Å². The maximum absolute atomic E-state index is 11.1. The second-order valence-corrected chi connectivity index (χ2v) is 7.14. The minimum absolute atomic E-state index is 0.0479. The molecule has 0 bridgehead atoms. The molecular formula is C14H23N3O2S. The standard InChI is InChI=1S/C14H23N3O2S/c1-12(9-10-20(3,18)19)17-14(15-2)16-11-13-7-5-4-6-8-13/h4-8,12H,9-11H2,1-3H3,(H2,15,16,17). The molecule has 5 nitrogen and oxygen atoms in total. The van der Waals surface area contributed by atoms with Crippen molar-refractivity contribution in [2.75, 3.05) is 19.1 Å². The minimum atomic E-state index is -2.92. The third-order valence-corrected chi connectivity index (χ3v) is 3.81. The highest BCUT2D eigenvalue weighted by Crippen LogP contribution is 1.98. The summed E-state index contributed by atoms with van der Waals surface area (Å²) in [6.45, 7) is 2.62. The van der Waals surface area contributed by atoms with Crippen molar-refractivity contribution < 1.29 is 8.42 Å². The number of rotatable bonds is 6. The SMILES string of the molecule is CN=C(NCc1ccccc1)NC(C)CCS(C)(=O)=O. The summed E-state index contributed by atoms with van der Waals surface area (Å²) in [5, 5.41) is 6.39. The zero-order valence-corrected chi connectivity index (χ0v) is 13.1. The summed E-state index contributed by atoms with van der Waals surface area (Å²) in [5.74, 6) is 0.853. The van der Waals surface area contributed by atoms with Gasteiger partial charge in [-0.05, 0) is 18.9 Å². The summed E-state index contributed by atoms with van der Waals surface area (Å²) in [4.78, 5) is 4.13. The molecule has 0 radical (unpaired) electrons. The first kappa shape index (κ1) is 16.5. The molecule has 0 aliphatic carbocycles. The Bertz CT molecular complexity index is 527. The van der Waals surface area contributed by atoms with Crippen molar-refractivity contribution in [2.24, 2.45) is 4.99 Å². The van der Waals surface area contributed by atoms with Gasteiger partial charge >= 0.3 is 0 Å². The molecule has 0 saturated carbocycles. The topological polar surface area (TPSA) is 70.6 Å². The zero-order valence-electron chi connectivity index (χ0n) is 12.3. The Morgan fingerprint density at radius 2 is 1.95 bits per heavy atom. The zero-order chi connectivity index (χ0) is 15.0. The van der Waals surface area contributed by atoms with Crippen LogP contribution in [0, 0.1) is 0 Å². The van der Waals surface area contributed by atoms with Gasteiger partial charge in [0.1, 0.15) is 9.84 Å². The van der Waals surface area contributed by atoms with Crippen molar-refractivity contribution in [3.8, 4) is 0 Å². The number of nitrogens with zero attached hydrogens (tertiary/aromatic N) is 1. The molecular weight excluding hydrogens is 274 g/mol. The van der Waals surface area contributed by atoms with Crippen LogP contribution in [0.15, 0.2) is 35.3 Å². The fourth-order valence-corrected chi connectivity index (χ4v) is 2.45. The van der Waals surface area contributed by atoms with E-state index in [0.717, 1.165) is 0 Å². The van der Waals surface area contributed by atoms with Crippen LogP contribution >= 0.6 is 0 Å². The van der Waals surface area contributed by atoms with Gasteiger partial charge in [-0.2, -0.15) is 0 Å². The lowest BCUT2D eigenvalue weighted by Crippen LogP contribution is -2.42. The highest BCUT2D eigenvalue weighted by molar-refractivity contribution is 7.90.